The minimum atomic E-state index is -2.33. The zero-order valence-corrected chi connectivity index (χ0v) is 26.8. The fraction of sp³-hybridized carbons (Fsp3) is 0.231. The van der Waals surface area contributed by atoms with E-state index in [0.717, 1.165) is 5.56 Å². The Hall–Kier alpha value is -3.45. The number of rotatable bonds is 4. The lowest BCUT2D eigenvalue weighted by molar-refractivity contribution is 0.177. The molecule has 3 aliphatic rings. The van der Waals surface area contributed by atoms with E-state index >= 15 is 0 Å². The van der Waals surface area contributed by atoms with Gasteiger partial charge in [0.25, 0.3) is 0 Å². The van der Waals surface area contributed by atoms with Crippen LogP contribution in [0.15, 0.2) is 97.1 Å². The molecule has 210 valence electrons. The lowest BCUT2D eigenvalue weighted by Gasteiger charge is -2.59. The van der Waals surface area contributed by atoms with Crippen molar-refractivity contribution in [2.24, 2.45) is 0 Å². The minimum absolute atomic E-state index is 0.00709. The number of hydrogen-bond acceptors (Lipinski definition) is 1. The third kappa shape index (κ3) is 3.40. The molecule has 0 spiro atoms. The minimum Gasteiger partial charge on any atom is -0.384 e. The molecule has 3 heteroatoms. The molecule has 3 aliphatic heterocycles. The van der Waals surface area contributed by atoms with Crippen LogP contribution in [0.25, 0.3) is 0 Å². The molecule has 0 amide bonds. The summed E-state index contributed by atoms with van der Waals surface area (Å²) < 4.78 is 0. The number of hydrogen-bond donors (Lipinski definition) is 1. The van der Waals surface area contributed by atoms with Crippen molar-refractivity contribution in [1.82, 2.24) is 0 Å². The van der Waals surface area contributed by atoms with Gasteiger partial charge in [-0.3, -0.25) is 0 Å². The van der Waals surface area contributed by atoms with E-state index in [1.54, 1.807) is 0 Å². The first-order valence-corrected chi connectivity index (χ1v) is 17.2. The van der Waals surface area contributed by atoms with Gasteiger partial charge >= 0.3 is 0 Å². The molecule has 2 atom stereocenters. The van der Waals surface area contributed by atoms with Crippen LogP contribution < -0.4 is 37.8 Å². The Bertz CT molecular complexity index is 1730. The summed E-state index contributed by atoms with van der Waals surface area (Å²) in [5.41, 5.74) is 14.8. The van der Waals surface area contributed by atoms with Crippen LogP contribution in [0, 0.1) is 41.5 Å². The van der Waals surface area contributed by atoms with E-state index in [9.17, 15) is 5.11 Å². The summed E-state index contributed by atoms with van der Waals surface area (Å²) in [5.74, 6) is 0. The molecule has 1 N–H and O–H groups in total. The standard InChI is InChI=1S/C39H40BOP/c1-24-18-33-36(21-27(24)4)42(30(7)39(41)31-14-10-8-11-15-31)37-22-28(5)25(2)19-34(37)40(33,32-16-12-9-13-17-32)35-20-26(3)29(6)23-38(35)42/h8-23,30,39,41H,1-7H3. The van der Waals surface area contributed by atoms with Gasteiger partial charge in [0.2, 0.25) is 0 Å². The van der Waals surface area contributed by atoms with E-state index in [1.165, 1.54) is 71.1 Å². The lowest BCUT2D eigenvalue weighted by Crippen LogP contribution is -2.89. The molecule has 8 rings (SSSR count). The molecule has 0 saturated carbocycles. The highest BCUT2D eigenvalue weighted by molar-refractivity contribution is 7.99. The van der Waals surface area contributed by atoms with Gasteiger partial charge in [0.05, 0.1) is 15.9 Å². The highest BCUT2D eigenvalue weighted by Crippen LogP contribution is 2.65. The first-order chi connectivity index (χ1) is 20.1. The molecule has 2 unspecified atom stereocenters. The van der Waals surface area contributed by atoms with Crippen molar-refractivity contribution in [1.29, 1.82) is 0 Å². The Labute approximate surface area is 251 Å². The number of benzene rings is 5. The summed E-state index contributed by atoms with van der Waals surface area (Å²) >= 11 is 0. The maximum absolute atomic E-state index is 12.3. The summed E-state index contributed by atoms with van der Waals surface area (Å²) in [7, 11) is -2.33. The molecule has 0 saturated heterocycles. The van der Waals surface area contributed by atoms with Gasteiger partial charge in [-0.2, -0.15) is 21.9 Å². The molecule has 5 aromatic rings. The van der Waals surface area contributed by atoms with Crippen LogP contribution in [0.4, 0.5) is 0 Å². The van der Waals surface area contributed by atoms with E-state index in [1.807, 2.05) is 6.07 Å². The second-order valence-electron chi connectivity index (χ2n) is 13.1. The van der Waals surface area contributed by atoms with Gasteiger partial charge < -0.3 is 5.11 Å². The second-order valence-corrected chi connectivity index (χ2v) is 16.8. The summed E-state index contributed by atoms with van der Waals surface area (Å²) in [4.78, 5) is 0. The average Bonchev–Trinajstić information content (AvgIpc) is 2.99. The van der Waals surface area contributed by atoms with Gasteiger partial charge in [0, 0.05) is 0 Å². The van der Waals surface area contributed by atoms with Crippen LogP contribution in [0.3, 0.4) is 0 Å². The third-order valence-corrected chi connectivity index (χ3v) is 15.9. The maximum Gasteiger partial charge on any atom is 0.122 e. The predicted octanol–water partition coefficient (Wildman–Crippen LogP) is 4.96. The van der Waals surface area contributed by atoms with E-state index in [-0.39, 0.29) is 5.66 Å². The van der Waals surface area contributed by atoms with Gasteiger partial charge in [0.15, 0.2) is 0 Å². The van der Waals surface area contributed by atoms with E-state index in [4.69, 9.17) is 0 Å². The molecular formula is C39H40BOP. The van der Waals surface area contributed by atoms with E-state index < -0.39 is 19.5 Å². The molecule has 2 bridgehead atoms. The quantitative estimate of drug-likeness (QED) is 0.241. The lowest BCUT2D eigenvalue weighted by atomic mass is 9.12. The summed E-state index contributed by atoms with van der Waals surface area (Å²) in [6.45, 7) is 15.9. The fourth-order valence-corrected chi connectivity index (χ4v) is 14.3. The van der Waals surface area contributed by atoms with Gasteiger partial charge in [-0.05, 0) is 88.9 Å². The van der Waals surface area contributed by atoms with Crippen LogP contribution in [-0.2, 0) is 0 Å². The van der Waals surface area contributed by atoms with Crippen molar-refractivity contribution >= 4 is 51.2 Å². The Morgan fingerprint density at radius 1 is 0.524 bits per heavy atom. The fourth-order valence-electron chi connectivity index (χ4n) is 8.40. The van der Waals surface area contributed by atoms with Gasteiger partial charge in [-0.15, -0.1) is 0 Å². The van der Waals surface area contributed by atoms with Crippen molar-refractivity contribution in [3.63, 3.8) is 0 Å². The van der Waals surface area contributed by atoms with Crippen molar-refractivity contribution < 1.29 is 5.11 Å². The van der Waals surface area contributed by atoms with Crippen LogP contribution >= 0.6 is 7.26 Å². The van der Waals surface area contributed by atoms with E-state index in [2.05, 4.69) is 139 Å². The summed E-state index contributed by atoms with van der Waals surface area (Å²) in [5, 5.41) is 16.7. The summed E-state index contributed by atoms with van der Waals surface area (Å²) in [6, 6.07) is 36.7. The molecule has 3 heterocycles. The molecule has 0 aliphatic carbocycles. The monoisotopic (exact) mass is 566 g/mol. The number of aryl methyl sites for hydroxylation is 6. The molecule has 0 aromatic heterocycles. The van der Waals surface area contributed by atoms with Crippen molar-refractivity contribution in [3.8, 4) is 0 Å². The predicted molar refractivity (Wildman–Crippen MR) is 185 cm³/mol. The summed E-state index contributed by atoms with van der Waals surface area (Å²) in [6.07, 6.45) is -2.02. The maximum atomic E-state index is 12.3. The first-order valence-electron chi connectivity index (χ1n) is 15.3. The van der Waals surface area contributed by atoms with Crippen molar-refractivity contribution in [2.45, 2.75) is 60.2 Å². The second kappa shape index (κ2) is 9.53. The first kappa shape index (κ1) is 27.4. The molecule has 5 aromatic carbocycles. The number of aliphatic hydroxyl groups is 1. The molecule has 42 heavy (non-hydrogen) atoms. The van der Waals surface area contributed by atoms with Gasteiger partial charge in [0.1, 0.15) is 25.2 Å². The molecule has 1 nitrogen and oxygen atoms in total. The van der Waals surface area contributed by atoms with Crippen LogP contribution in [0.5, 0.6) is 0 Å². The highest BCUT2D eigenvalue weighted by Gasteiger charge is 2.64. The highest BCUT2D eigenvalue weighted by atomic mass is 31.2. The Morgan fingerprint density at radius 2 is 0.881 bits per heavy atom. The molecule has 0 radical (unpaired) electrons. The van der Waals surface area contributed by atoms with Crippen LogP contribution in [-0.4, -0.2) is 16.9 Å². The topological polar surface area (TPSA) is 20.2 Å². The average molecular weight is 567 g/mol. The van der Waals surface area contributed by atoms with Gasteiger partial charge in [-0.25, -0.2) is 0 Å². The largest absolute Gasteiger partial charge is 0.384 e. The Morgan fingerprint density at radius 3 is 1.29 bits per heavy atom. The normalized spacial score (nSPS) is 21.3. The number of aliphatic hydroxyl groups excluding tert-OH is 1. The zero-order chi connectivity index (χ0) is 29.6. The molecular weight excluding hydrogens is 526 g/mol. The Balaban J connectivity index is 1.73. The van der Waals surface area contributed by atoms with Crippen LogP contribution in [0.2, 0.25) is 0 Å². The van der Waals surface area contributed by atoms with Gasteiger partial charge in [-0.1, -0.05) is 95.6 Å². The zero-order valence-electron chi connectivity index (χ0n) is 25.9. The van der Waals surface area contributed by atoms with Crippen molar-refractivity contribution in [3.05, 3.63) is 136 Å². The molecule has 0 fully saturated rings. The smallest absolute Gasteiger partial charge is 0.122 e. The van der Waals surface area contributed by atoms with E-state index in [0.29, 0.717) is 0 Å². The third-order valence-electron chi connectivity index (χ3n) is 11.0. The van der Waals surface area contributed by atoms with Crippen molar-refractivity contribution in [2.75, 3.05) is 0 Å². The Kier molecular flexibility index (Phi) is 6.22. The van der Waals surface area contributed by atoms with Crippen LogP contribution in [0.1, 0.15) is 52.0 Å². The SMILES string of the molecule is Cc1cc2c(cc1C)[P+]1(C(C)C(O)c3ccccc3)c3cc(C)c(C)cc3[B-]2(c2ccccc2)c2cc(C)c(C)cc21.